The normalized spacial score (nSPS) is 10.0. The molecule has 0 atom stereocenters. The van der Waals surface area contributed by atoms with Gasteiger partial charge in [0, 0.05) is 30.0 Å². The van der Waals surface area contributed by atoms with Crippen molar-refractivity contribution < 1.29 is 4.79 Å². The Kier molecular flexibility index (Phi) is 5.58. The standard InChI is InChI=1S/C11H14ClNOS/c1-13-11(14)6-7-15-8-9-2-4-10(12)5-3-9/h2-5H,6-8H2,1H3,(H,13,14). The van der Waals surface area contributed by atoms with Gasteiger partial charge in [0.2, 0.25) is 5.91 Å². The van der Waals surface area contributed by atoms with Crippen molar-refractivity contribution >= 4 is 29.3 Å². The summed E-state index contributed by atoms with van der Waals surface area (Å²) in [5.74, 6) is 1.87. The molecule has 0 aliphatic heterocycles. The summed E-state index contributed by atoms with van der Waals surface area (Å²) in [5.41, 5.74) is 1.24. The van der Waals surface area contributed by atoms with E-state index in [2.05, 4.69) is 5.32 Å². The highest BCUT2D eigenvalue weighted by Gasteiger charge is 1.98. The average Bonchev–Trinajstić information content (AvgIpc) is 2.26. The number of carbonyl (C=O) groups excluding carboxylic acids is 1. The maximum Gasteiger partial charge on any atom is 0.220 e. The van der Waals surface area contributed by atoms with E-state index in [1.165, 1.54) is 5.56 Å². The lowest BCUT2D eigenvalue weighted by Crippen LogP contribution is -2.17. The van der Waals surface area contributed by atoms with Gasteiger partial charge in [0.25, 0.3) is 0 Å². The van der Waals surface area contributed by atoms with Gasteiger partial charge in [-0.25, -0.2) is 0 Å². The molecule has 0 radical (unpaired) electrons. The highest BCUT2D eigenvalue weighted by Crippen LogP contribution is 2.15. The summed E-state index contributed by atoms with van der Waals surface area (Å²) in [6.07, 6.45) is 0.578. The van der Waals surface area contributed by atoms with Gasteiger partial charge in [0.1, 0.15) is 0 Å². The van der Waals surface area contributed by atoms with Crippen LogP contribution in [-0.2, 0) is 10.5 Å². The zero-order chi connectivity index (χ0) is 11.1. The number of benzene rings is 1. The number of nitrogens with one attached hydrogen (secondary N) is 1. The first-order valence-corrected chi connectivity index (χ1v) is 6.28. The van der Waals surface area contributed by atoms with Gasteiger partial charge in [-0.3, -0.25) is 4.79 Å². The molecule has 82 valence electrons. The van der Waals surface area contributed by atoms with Crippen LogP contribution in [0.1, 0.15) is 12.0 Å². The minimum atomic E-state index is 0.0959. The van der Waals surface area contributed by atoms with E-state index in [1.807, 2.05) is 24.3 Å². The van der Waals surface area contributed by atoms with E-state index in [9.17, 15) is 4.79 Å². The molecule has 1 amide bonds. The molecule has 0 bridgehead atoms. The Bertz CT molecular complexity index is 313. The topological polar surface area (TPSA) is 29.1 Å². The van der Waals surface area contributed by atoms with Gasteiger partial charge in [-0.05, 0) is 17.7 Å². The lowest BCUT2D eigenvalue weighted by atomic mass is 10.2. The third-order valence-corrected chi connectivity index (χ3v) is 3.22. The lowest BCUT2D eigenvalue weighted by Gasteiger charge is -2.01. The number of thioether (sulfide) groups is 1. The molecule has 0 saturated heterocycles. The van der Waals surface area contributed by atoms with Crippen LogP contribution >= 0.6 is 23.4 Å². The van der Waals surface area contributed by atoms with E-state index in [0.717, 1.165) is 16.5 Å². The van der Waals surface area contributed by atoms with Crippen LogP contribution in [0.25, 0.3) is 0 Å². The number of amides is 1. The quantitative estimate of drug-likeness (QED) is 0.806. The highest BCUT2D eigenvalue weighted by atomic mass is 35.5. The Morgan fingerprint density at radius 1 is 1.40 bits per heavy atom. The van der Waals surface area contributed by atoms with E-state index in [0.29, 0.717) is 6.42 Å². The fourth-order valence-electron chi connectivity index (χ4n) is 1.06. The first-order valence-electron chi connectivity index (χ1n) is 4.75. The predicted octanol–water partition coefficient (Wildman–Crippen LogP) is 2.71. The Hall–Kier alpha value is -0.670. The second-order valence-electron chi connectivity index (χ2n) is 3.10. The SMILES string of the molecule is CNC(=O)CCSCc1ccc(Cl)cc1. The van der Waals surface area contributed by atoms with Gasteiger partial charge < -0.3 is 5.32 Å². The second-order valence-corrected chi connectivity index (χ2v) is 4.64. The van der Waals surface area contributed by atoms with E-state index >= 15 is 0 Å². The van der Waals surface area contributed by atoms with Gasteiger partial charge in [-0.2, -0.15) is 11.8 Å². The molecule has 0 aromatic heterocycles. The summed E-state index contributed by atoms with van der Waals surface area (Å²) in [6, 6.07) is 7.79. The van der Waals surface area contributed by atoms with E-state index in [1.54, 1.807) is 18.8 Å². The number of halogens is 1. The third kappa shape index (κ3) is 5.09. The molecular weight excluding hydrogens is 230 g/mol. The summed E-state index contributed by atoms with van der Waals surface area (Å²) in [7, 11) is 1.66. The van der Waals surface area contributed by atoms with Gasteiger partial charge in [-0.15, -0.1) is 0 Å². The smallest absolute Gasteiger partial charge is 0.220 e. The number of hydrogen-bond acceptors (Lipinski definition) is 2. The van der Waals surface area contributed by atoms with Crippen LogP contribution in [0.4, 0.5) is 0 Å². The predicted molar refractivity (Wildman–Crippen MR) is 66.3 cm³/mol. The largest absolute Gasteiger partial charge is 0.359 e. The fraction of sp³-hybridized carbons (Fsp3) is 0.364. The van der Waals surface area contributed by atoms with Gasteiger partial charge >= 0.3 is 0 Å². The highest BCUT2D eigenvalue weighted by molar-refractivity contribution is 7.98. The molecule has 4 heteroatoms. The Labute approximate surface area is 99.4 Å². The van der Waals surface area contributed by atoms with Crippen molar-refractivity contribution in [2.75, 3.05) is 12.8 Å². The van der Waals surface area contributed by atoms with Crippen molar-refractivity contribution in [1.82, 2.24) is 5.32 Å². The summed E-state index contributed by atoms with van der Waals surface area (Å²) < 4.78 is 0. The monoisotopic (exact) mass is 243 g/mol. The van der Waals surface area contributed by atoms with Crippen LogP contribution in [-0.4, -0.2) is 18.7 Å². The first-order chi connectivity index (χ1) is 7.22. The minimum Gasteiger partial charge on any atom is -0.359 e. The van der Waals surface area contributed by atoms with Crippen molar-refractivity contribution in [2.45, 2.75) is 12.2 Å². The van der Waals surface area contributed by atoms with Crippen LogP contribution in [0.3, 0.4) is 0 Å². The molecule has 0 saturated carbocycles. The Morgan fingerprint density at radius 3 is 2.67 bits per heavy atom. The van der Waals surface area contributed by atoms with Crippen LogP contribution in [0.5, 0.6) is 0 Å². The van der Waals surface area contributed by atoms with Crippen LogP contribution in [0.2, 0.25) is 5.02 Å². The van der Waals surface area contributed by atoms with E-state index in [4.69, 9.17) is 11.6 Å². The maximum absolute atomic E-state index is 10.9. The number of hydrogen-bond donors (Lipinski definition) is 1. The van der Waals surface area contributed by atoms with E-state index < -0.39 is 0 Å². The van der Waals surface area contributed by atoms with Crippen LogP contribution in [0, 0.1) is 0 Å². The Balaban J connectivity index is 2.20. The molecular formula is C11H14ClNOS. The summed E-state index contributed by atoms with van der Waals surface area (Å²) in [6.45, 7) is 0. The Morgan fingerprint density at radius 2 is 2.07 bits per heavy atom. The molecule has 0 unspecified atom stereocenters. The molecule has 0 fully saturated rings. The zero-order valence-electron chi connectivity index (χ0n) is 8.63. The fourth-order valence-corrected chi connectivity index (χ4v) is 2.09. The number of carbonyl (C=O) groups is 1. The van der Waals surface area contributed by atoms with Crippen molar-refractivity contribution in [3.8, 4) is 0 Å². The molecule has 1 aromatic carbocycles. The summed E-state index contributed by atoms with van der Waals surface area (Å²) >= 11 is 7.53. The first kappa shape index (κ1) is 12.4. The van der Waals surface area contributed by atoms with Crippen molar-refractivity contribution in [3.63, 3.8) is 0 Å². The van der Waals surface area contributed by atoms with Crippen molar-refractivity contribution in [1.29, 1.82) is 0 Å². The lowest BCUT2D eigenvalue weighted by molar-refractivity contribution is -0.120. The minimum absolute atomic E-state index is 0.0959. The molecule has 0 aliphatic carbocycles. The van der Waals surface area contributed by atoms with Crippen LogP contribution < -0.4 is 5.32 Å². The third-order valence-electron chi connectivity index (χ3n) is 1.93. The molecule has 0 heterocycles. The van der Waals surface area contributed by atoms with Gasteiger partial charge in [-0.1, -0.05) is 23.7 Å². The number of rotatable bonds is 5. The molecule has 15 heavy (non-hydrogen) atoms. The zero-order valence-corrected chi connectivity index (χ0v) is 10.2. The molecule has 1 rings (SSSR count). The molecule has 2 nitrogen and oxygen atoms in total. The molecule has 0 spiro atoms. The summed E-state index contributed by atoms with van der Waals surface area (Å²) in [4.78, 5) is 10.9. The van der Waals surface area contributed by atoms with Crippen LogP contribution in [0.15, 0.2) is 24.3 Å². The van der Waals surface area contributed by atoms with Gasteiger partial charge in [0.15, 0.2) is 0 Å². The van der Waals surface area contributed by atoms with Crippen molar-refractivity contribution in [3.05, 3.63) is 34.9 Å². The van der Waals surface area contributed by atoms with E-state index in [-0.39, 0.29) is 5.91 Å². The van der Waals surface area contributed by atoms with Crippen molar-refractivity contribution in [2.24, 2.45) is 0 Å². The molecule has 1 aromatic rings. The molecule has 1 N–H and O–H groups in total. The average molecular weight is 244 g/mol. The second kappa shape index (κ2) is 6.75. The van der Waals surface area contributed by atoms with Gasteiger partial charge in [0.05, 0.1) is 0 Å². The molecule has 0 aliphatic rings. The maximum atomic E-state index is 10.9. The summed E-state index contributed by atoms with van der Waals surface area (Å²) in [5, 5.41) is 3.36.